The molecule has 1 amide bonds. The van der Waals surface area contributed by atoms with Crippen LogP contribution in [0.25, 0.3) is 22.0 Å². The lowest BCUT2D eigenvalue weighted by Gasteiger charge is -2.14. The number of fused-ring (bicyclic) bond motifs is 1. The van der Waals surface area contributed by atoms with Crippen molar-refractivity contribution < 1.29 is 4.79 Å². The number of aromatic nitrogens is 1. The Labute approximate surface area is 165 Å². The van der Waals surface area contributed by atoms with Gasteiger partial charge < -0.3 is 5.32 Å². The van der Waals surface area contributed by atoms with Gasteiger partial charge in [0.2, 0.25) is 5.91 Å². The fourth-order valence-electron chi connectivity index (χ4n) is 3.65. The SMILES string of the molecule is Cc1nc2ccccc2c(C)c1CC(=O)Nc1ccccc1-c1ccccc1. The molecule has 1 aromatic heterocycles. The Hall–Kier alpha value is -3.46. The minimum Gasteiger partial charge on any atom is -0.325 e. The van der Waals surface area contributed by atoms with Crippen molar-refractivity contribution in [2.24, 2.45) is 0 Å². The Morgan fingerprint density at radius 3 is 2.36 bits per heavy atom. The molecule has 0 saturated carbocycles. The van der Waals surface area contributed by atoms with Crippen LogP contribution in [-0.2, 0) is 11.2 Å². The predicted molar refractivity (Wildman–Crippen MR) is 115 cm³/mol. The minimum absolute atomic E-state index is 0.0355. The van der Waals surface area contributed by atoms with Crippen LogP contribution in [0.3, 0.4) is 0 Å². The molecule has 3 aromatic carbocycles. The van der Waals surface area contributed by atoms with Gasteiger partial charge in [-0.2, -0.15) is 0 Å². The van der Waals surface area contributed by atoms with Crippen molar-refractivity contribution in [1.29, 1.82) is 0 Å². The summed E-state index contributed by atoms with van der Waals surface area (Å²) in [6.07, 6.45) is 0.304. The first-order valence-electron chi connectivity index (χ1n) is 9.42. The largest absolute Gasteiger partial charge is 0.325 e. The van der Waals surface area contributed by atoms with Gasteiger partial charge in [-0.3, -0.25) is 9.78 Å². The molecule has 0 fully saturated rings. The summed E-state index contributed by atoms with van der Waals surface area (Å²) in [6.45, 7) is 4.04. The maximum absolute atomic E-state index is 12.9. The van der Waals surface area contributed by atoms with Gasteiger partial charge in [-0.1, -0.05) is 66.7 Å². The molecule has 0 aliphatic rings. The first kappa shape index (κ1) is 17.9. The molecule has 0 aliphatic heterocycles. The highest BCUT2D eigenvalue weighted by Crippen LogP contribution is 2.28. The van der Waals surface area contributed by atoms with E-state index in [0.29, 0.717) is 6.42 Å². The van der Waals surface area contributed by atoms with Gasteiger partial charge in [0, 0.05) is 22.3 Å². The number of rotatable bonds is 4. The summed E-state index contributed by atoms with van der Waals surface area (Å²) in [5.74, 6) is -0.0355. The lowest BCUT2D eigenvalue weighted by atomic mass is 9.99. The second-order valence-corrected chi connectivity index (χ2v) is 6.95. The van der Waals surface area contributed by atoms with Gasteiger partial charge in [0.05, 0.1) is 11.9 Å². The van der Waals surface area contributed by atoms with E-state index in [2.05, 4.69) is 23.3 Å². The number of hydrogen-bond donors (Lipinski definition) is 1. The number of anilines is 1. The van der Waals surface area contributed by atoms with E-state index in [9.17, 15) is 4.79 Å². The number of pyridine rings is 1. The number of aryl methyl sites for hydroxylation is 2. The van der Waals surface area contributed by atoms with Crippen LogP contribution < -0.4 is 5.32 Å². The summed E-state index contributed by atoms with van der Waals surface area (Å²) < 4.78 is 0. The van der Waals surface area contributed by atoms with E-state index in [1.807, 2.05) is 79.7 Å². The van der Waals surface area contributed by atoms with Gasteiger partial charge in [0.25, 0.3) is 0 Å². The smallest absolute Gasteiger partial charge is 0.228 e. The molecule has 0 aliphatic carbocycles. The molecule has 3 nitrogen and oxygen atoms in total. The fourth-order valence-corrected chi connectivity index (χ4v) is 3.65. The Kier molecular flexibility index (Phi) is 4.90. The Morgan fingerprint density at radius 1 is 0.857 bits per heavy atom. The lowest BCUT2D eigenvalue weighted by Crippen LogP contribution is -2.17. The zero-order valence-corrected chi connectivity index (χ0v) is 16.1. The van der Waals surface area contributed by atoms with Crippen molar-refractivity contribution in [3.63, 3.8) is 0 Å². The third-order valence-corrected chi connectivity index (χ3v) is 5.11. The fraction of sp³-hybridized carbons (Fsp3) is 0.120. The molecule has 1 heterocycles. The Morgan fingerprint density at radius 2 is 1.54 bits per heavy atom. The molecular formula is C25H22N2O. The zero-order valence-electron chi connectivity index (χ0n) is 16.1. The summed E-state index contributed by atoms with van der Waals surface area (Å²) in [6, 6.07) is 26.0. The topological polar surface area (TPSA) is 42.0 Å². The number of hydrogen-bond acceptors (Lipinski definition) is 2. The molecule has 0 bridgehead atoms. The molecule has 4 rings (SSSR count). The third-order valence-electron chi connectivity index (χ3n) is 5.11. The maximum atomic E-state index is 12.9. The van der Waals surface area contributed by atoms with Crippen LogP contribution in [0.15, 0.2) is 78.9 Å². The monoisotopic (exact) mass is 366 g/mol. The number of carbonyl (C=O) groups is 1. The van der Waals surface area contributed by atoms with Crippen LogP contribution in [0, 0.1) is 13.8 Å². The Balaban J connectivity index is 1.62. The molecule has 0 unspecified atom stereocenters. The van der Waals surface area contributed by atoms with Crippen molar-refractivity contribution in [1.82, 2.24) is 4.98 Å². The van der Waals surface area contributed by atoms with E-state index in [0.717, 1.165) is 44.5 Å². The highest BCUT2D eigenvalue weighted by Gasteiger charge is 2.14. The van der Waals surface area contributed by atoms with Crippen LogP contribution in [0.1, 0.15) is 16.8 Å². The van der Waals surface area contributed by atoms with Gasteiger partial charge in [-0.05, 0) is 42.7 Å². The predicted octanol–water partition coefficient (Wildman–Crippen LogP) is 5.70. The maximum Gasteiger partial charge on any atom is 0.228 e. The van der Waals surface area contributed by atoms with E-state index in [1.54, 1.807) is 0 Å². The quantitative estimate of drug-likeness (QED) is 0.503. The molecule has 138 valence electrons. The lowest BCUT2D eigenvalue weighted by molar-refractivity contribution is -0.115. The van der Waals surface area contributed by atoms with Gasteiger partial charge in [-0.15, -0.1) is 0 Å². The number of nitrogens with one attached hydrogen (secondary N) is 1. The number of amides is 1. The molecule has 0 radical (unpaired) electrons. The number of carbonyl (C=O) groups excluding carboxylic acids is 1. The second kappa shape index (κ2) is 7.65. The van der Waals surface area contributed by atoms with Crippen molar-refractivity contribution in [2.45, 2.75) is 20.3 Å². The number of benzene rings is 3. The van der Waals surface area contributed by atoms with Crippen LogP contribution in [0.2, 0.25) is 0 Å². The normalized spacial score (nSPS) is 10.8. The molecule has 0 spiro atoms. The van der Waals surface area contributed by atoms with Crippen LogP contribution >= 0.6 is 0 Å². The summed E-state index contributed by atoms with van der Waals surface area (Å²) in [7, 11) is 0. The average molecular weight is 366 g/mol. The summed E-state index contributed by atoms with van der Waals surface area (Å²) in [4.78, 5) is 17.5. The van der Waals surface area contributed by atoms with Crippen LogP contribution in [-0.4, -0.2) is 10.9 Å². The van der Waals surface area contributed by atoms with Crippen molar-refractivity contribution in [3.8, 4) is 11.1 Å². The van der Waals surface area contributed by atoms with Gasteiger partial charge in [0.1, 0.15) is 0 Å². The van der Waals surface area contributed by atoms with Gasteiger partial charge >= 0.3 is 0 Å². The van der Waals surface area contributed by atoms with E-state index in [1.165, 1.54) is 0 Å². The standard InChI is InChI=1S/C25H22N2O/c1-17-20-12-6-8-14-23(20)26-18(2)22(17)16-25(28)27-24-15-9-7-13-21(24)19-10-4-3-5-11-19/h3-15H,16H2,1-2H3,(H,27,28). The van der Waals surface area contributed by atoms with Crippen LogP contribution in [0.5, 0.6) is 0 Å². The number of para-hydroxylation sites is 2. The van der Waals surface area contributed by atoms with Gasteiger partial charge in [-0.25, -0.2) is 0 Å². The first-order chi connectivity index (χ1) is 13.6. The van der Waals surface area contributed by atoms with Crippen molar-refractivity contribution >= 4 is 22.5 Å². The number of nitrogens with zero attached hydrogens (tertiary/aromatic N) is 1. The van der Waals surface area contributed by atoms with E-state index < -0.39 is 0 Å². The van der Waals surface area contributed by atoms with E-state index >= 15 is 0 Å². The summed E-state index contributed by atoms with van der Waals surface area (Å²) >= 11 is 0. The molecule has 0 saturated heterocycles. The second-order valence-electron chi connectivity index (χ2n) is 6.95. The summed E-state index contributed by atoms with van der Waals surface area (Å²) in [5, 5.41) is 4.19. The highest BCUT2D eigenvalue weighted by molar-refractivity contribution is 5.97. The molecular weight excluding hydrogens is 344 g/mol. The minimum atomic E-state index is -0.0355. The summed E-state index contributed by atoms with van der Waals surface area (Å²) in [5.41, 5.74) is 6.91. The van der Waals surface area contributed by atoms with Crippen LogP contribution in [0.4, 0.5) is 5.69 Å². The molecule has 28 heavy (non-hydrogen) atoms. The van der Waals surface area contributed by atoms with E-state index in [-0.39, 0.29) is 5.91 Å². The third kappa shape index (κ3) is 3.52. The molecule has 4 aromatic rings. The van der Waals surface area contributed by atoms with Gasteiger partial charge in [0.15, 0.2) is 0 Å². The highest BCUT2D eigenvalue weighted by atomic mass is 16.1. The molecule has 0 atom stereocenters. The Bertz CT molecular complexity index is 1150. The van der Waals surface area contributed by atoms with Crippen molar-refractivity contribution in [3.05, 3.63) is 95.7 Å². The van der Waals surface area contributed by atoms with Crippen molar-refractivity contribution in [2.75, 3.05) is 5.32 Å². The molecule has 3 heteroatoms. The van der Waals surface area contributed by atoms with E-state index in [4.69, 9.17) is 0 Å². The zero-order chi connectivity index (χ0) is 19.5. The first-order valence-corrected chi connectivity index (χ1v) is 9.42. The average Bonchev–Trinajstić information content (AvgIpc) is 2.72. The molecule has 1 N–H and O–H groups in total.